The first kappa shape index (κ1) is 17.3. The molecule has 0 spiro atoms. The van der Waals surface area contributed by atoms with Crippen LogP contribution in [0.15, 0.2) is 24.3 Å². The van der Waals surface area contributed by atoms with Crippen LogP contribution in [0.3, 0.4) is 0 Å². The van der Waals surface area contributed by atoms with Gasteiger partial charge in [0.05, 0.1) is 6.67 Å². The van der Waals surface area contributed by atoms with Crippen molar-refractivity contribution < 1.29 is 0 Å². The third kappa shape index (κ3) is 3.55. The molecular formula is C19H25ClN4S. The van der Waals surface area contributed by atoms with E-state index >= 15 is 0 Å². The lowest BCUT2D eigenvalue weighted by molar-refractivity contribution is 0.0625. The summed E-state index contributed by atoms with van der Waals surface area (Å²) < 4.78 is 4.74. The van der Waals surface area contributed by atoms with Gasteiger partial charge in [-0.2, -0.15) is 5.10 Å². The molecule has 25 heavy (non-hydrogen) atoms. The molecule has 0 radical (unpaired) electrons. The molecule has 0 N–H and O–H groups in total. The fraction of sp³-hybridized carbons (Fsp3) is 0.579. The van der Waals surface area contributed by atoms with Crippen LogP contribution in [0.4, 0.5) is 0 Å². The van der Waals surface area contributed by atoms with Crippen molar-refractivity contribution in [2.45, 2.75) is 38.8 Å². The molecule has 2 aliphatic rings. The van der Waals surface area contributed by atoms with Crippen molar-refractivity contribution in [3.8, 4) is 11.4 Å². The Hall–Kier alpha value is -1.17. The second-order valence-corrected chi connectivity index (χ2v) is 8.28. The van der Waals surface area contributed by atoms with E-state index in [4.69, 9.17) is 28.9 Å². The van der Waals surface area contributed by atoms with Gasteiger partial charge in [-0.1, -0.05) is 30.9 Å². The normalized spacial score (nSPS) is 24.2. The molecular weight excluding hydrogens is 352 g/mol. The zero-order valence-corrected chi connectivity index (χ0v) is 16.3. The maximum Gasteiger partial charge on any atom is 0.199 e. The van der Waals surface area contributed by atoms with Gasteiger partial charge in [0.15, 0.2) is 10.6 Å². The molecule has 1 saturated heterocycles. The Morgan fingerprint density at radius 2 is 1.84 bits per heavy atom. The highest BCUT2D eigenvalue weighted by molar-refractivity contribution is 7.71. The van der Waals surface area contributed by atoms with E-state index < -0.39 is 0 Å². The summed E-state index contributed by atoms with van der Waals surface area (Å²) in [5.41, 5.74) is 1.04. The molecule has 2 heterocycles. The van der Waals surface area contributed by atoms with Gasteiger partial charge in [0.1, 0.15) is 0 Å². The summed E-state index contributed by atoms with van der Waals surface area (Å²) in [7, 11) is 1.99. The molecule has 1 aliphatic carbocycles. The Morgan fingerprint density at radius 3 is 2.60 bits per heavy atom. The van der Waals surface area contributed by atoms with Gasteiger partial charge in [0.25, 0.3) is 0 Å². The van der Waals surface area contributed by atoms with E-state index in [-0.39, 0.29) is 0 Å². The minimum absolute atomic E-state index is 0.736. The maximum atomic E-state index is 6.00. The minimum Gasteiger partial charge on any atom is -0.303 e. The van der Waals surface area contributed by atoms with Gasteiger partial charge >= 0.3 is 0 Å². The molecule has 0 unspecified atom stereocenters. The van der Waals surface area contributed by atoms with Crippen LogP contribution in [0.5, 0.6) is 0 Å². The summed E-state index contributed by atoms with van der Waals surface area (Å²) in [6, 6.07) is 7.79. The highest BCUT2D eigenvalue weighted by Gasteiger charge is 2.31. The zero-order chi connectivity index (χ0) is 17.4. The van der Waals surface area contributed by atoms with E-state index in [9.17, 15) is 0 Å². The number of likely N-dealkylation sites (tertiary alicyclic amines) is 1. The van der Waals surface area contributed by atoms with Crippen molar-refractivity contribution >= 4 is 23.8 Å². The molecule has 0 bridgehead atoms. The van der Waals surface area contributed by atoms with Crippen LogP contribution in [-0.4, -0.2) is 32.3 Å². The standard InChI is InChI=1S/C19H25ClN4S/c1-22-18(15-6-8-17(20)9-7-15)21-24(19(22)25)13-23-11-10-14-4-2-3-5-16(14)12-23/h6-9,14,16H,2-5,10-13H2,1H3/t14-,16+/m0/s1. The summed E-state index contributed by atoms with van der Waals surface area (Å²) >= 11 is 11.6. The Labute approximate surface area is 159 Å². The van der Waals surface area contributed by atoms with Gasteiger partial charge < -0.3 is 4.57 Å². The first-order valence-electron chi connectivity index (χ1n) is 9.24. The summed E-state index contributed by atoms with van der Waals surface area (Å²) in [4.78, 5) is 2.53. The van der Waals surface area contributed by atoms with Gasteiger partial charge in [-0.15, -0.1) is 0 Å². The first-order chi connectivity index (χ1) is 12.1. The average Bonchev–Trinajstić information content (AvgIpc) is 2.91. The molecule has 1 aromatic heterocycles. The van der Waals surface area contributed by atoms with Crippen molar-refractivity contribution in [3.05, 3.63) is 34.1 Å². The van der Waals surface area contributed by atoms with Crippen LogP contribution in [0.25, 0.3) is 11.4 Å². The average molecular weight is 377 g/mol. The Morgan fingerprint density at radius 1 is 1.12 bits per heavy atom. The van der Waals surface area contributed by atoms with Gasteiger partial charge in [0, 0.05) is 30.7 Å². The topological polar surface area (TPSA) is 26.0 Å². The molecule has 6 heteroatoms. The number of rotatable bonds is 3. The van der Waals surface area contributed by atoms with Gasteiger partial charge in [-0.3, -0.25) is 4.90 Å². The van der Waals surface area contributed by atoms with E-state index in [1.165, 1.54) is 38.6 Å². The Balaban J connectivity index is 1.52. The number of benzene rings is 1. The number of hydrogen-bond donors (Lipinski definition) is 0. The summed E-state index contributed by atoms with van der Waals surface area (Å²) in [5, 5.41) is 5.53. The molecule has 0 amide bonds. The number of hydrogen-bond acceptors (Lipinski definition) is 3. The van der Waals surface area contributed by atoms with Gasteiger partial charge in [0.2, 0.25) is 0 Å². The number of fused-ring (bicyclic) bond motifs is 1. The molecule has 1 aliphatic heterocycles. The van der Waals surface area contributed by atoms with Crippen molar-refractivity contribution in [1.82, 2.24) is 19.2 Å². The molecule has 1 saturated carbocycles. The molecule has 4 nitrogen and oxygen atoms in total. The fourth-order valence-corrected chi connectivity index (χ4v) is 4.74. The SMILES string of the molecule is Cn1c(-c2ccc(Cl)cc2)nn(CN2CC[C@@H]3CCCC[C@@H]3C2)c1=S. The number of aromatic nitrogens is 3. The quantitative estimate of drug-likeness (QED) is 0.723. The number of piperidine rings is 1. The third-order valence-electron chi connectivity index (χ3n) is 5.85. The second kappa shape index (κ2) is 7.22. The summed E-state index contributed by atoms with van der Waals surface area (Å²) in [6.07, 6.45) is 6.98. The number of nitrogens with zero attached hydrogens (tertiary/aromatic N) is 4. The Kier molecular flexibility index (Phi) is 4.98. The lowest BCUT2D eigenvalue weighted by atomic mass is 9.75. The van der Waals surface area contributed by atoms with E-state index in [0.29, 0.717) is 0 Å². The van der Waals surface area contributed by atoms with Crippen LogP contribution in [0, 0.1) is 16.6 Å². The van der Waals surface area contributed by atoms with E-state index in [0.717, 1.165) is 46.2 Å². The zero-order valence-electron chi connectivity index (χ0n) is 14.7. The number of halogens is 1. The van der Waals surface area contributed by atoms with Crippen molar-refractivity contribution in [3.63, 3.8) is 0 Å². The third-order valence-corrected chi connectivity index (χ3v) is 6.59. The highest BCUT2D eigenvalue weighted by Crippen LogP contribution is 2.36. The monoisotopic (exact) mass is 376 g/mol. The van der Waals surface area contributed by atoms with Crippen molar-refractivity contribution in [1.29, 1.82) is 0 Å². The molecule has 4 rings (SSSR count). The first-order valence-corrected chi connectivity index (χ1v) is 10.0. The lowest BCUT2D eigenvalue weighted by Gasteiger charge is -2.41. The van der Waals surface area contributed by atoms with Crippen LogP contribution in [0.2, 0.25) is 5.02 Å². The Bertz CT molecular complexity index is 795. The van der Waals surface area contributed by atoms with Crippen LogP contribution >= 0.6 is 23.8 Å². The van der Waals surface area contributed by atoms with E-state index in [2.05, 4.69) is 4.90 Å². The smallest absolute Gasteiger partial charge is 0.199 e. The summed E-state index contributed by atoms with van der Waals surface area (Å²) in [6.45, 7) is 3.15. The fourth-order valence-electron chi connectivity index (χ4n) is 4.42. The molecule has 2 aromatic rings. The summed E-state index contributed by atoms with van der Waals surface area (Å²) in [5.74, 6) is 2.72. The van der Waals surface area contributed by atoms with Crippen LogP contribution in [0.1, 0.15) is 32.1 Å². The highest BCUT2D eigenvalue weighted by atomic mass is 35.5. The van der Waals surface area contributed by atoms with E-state index in [1.54, 1.807) is 0 Å². The second-order valence-electron chi connectivity index (χ2n) is 7.48. The van der Waals surface area contributed by atoms with Crippen LogP contribution < -0.4 is 0 Å². The maximum absolute atomic E-state index is 6.00. The predicted octanol–water partition coefficient (Wildman–Crippen LogP) is 4.74. The molecule has 2 fully saturated rings. The predicted molar refractivity (Wildman–Crippen MR) is 104 cm³/mol. The molecule has 134 valence electrons. The largest absolute Gasteiger partial charge is 0.303 e. The lowest BCUT2D eigenvalue weighted by Crippen LogP contribution is -2.42. The minimum atomic E-state index is 0.736. The van der Waals surface area contributed by atoms with Crippen LogP contribution in [-0.2, 0) is 13.7 Å². The molecule has 2 atom stereocenters. The van der Waals surface area contributed by atoms with E-state index in [1.807, 2.05) is 40.6 Å². The molecule has 1 aromatic carbocycles. The van der Waals surface area contributed by atoms with Gasteiger partial charge in [-0.25, -0.2) is 4.68 Å². The van der Waals surface area contributed by atoms with Crippen molar-refractivity contribution in [2.24, 2.45) is 18.9 Å². The van der Waals surface area contributed by atoms with Crippen molar-refractivity contribution in [2.75, 3.05) is 13.1 Å². The van der Waals surface area contributed by atoms with Gasteiger partial charge in [-0.05, 0) is 61.2 Å².